The highest BCUT2D eigenvalue weighted by atomic mass is 16.6. The Balaban J connectivity index is 3.04. The molecule has 1 atom stereocenters. The second-order valence-electron chi connectivity index (χ2n) is 3.34. The maximum absolute atomic E-state index is 10.8. The lowest BCUT2D eigenvalue weighted by Gasteiger charge is -2.11. The van der Waals surface area contributed by atoms with Gasteiger partial charge in [0.1, 0.15) is 6.10 Å². The van der Waals surface area contributed by atoms with Gasteiger partial charge in [-0.3, -0.25) is 10.1 Å². The van der Waals surface area contributed by atoms with E-state index >= 15 is 0 Å². The summed E-state index contributed by atoms with van der Waals surface area (Å²) in [4.78, 5) is 10.2. The van der Waals surface area contributed by atoms with Gasteiger partial charge >= 0.3 is 5.69 Å². The van der Waals surface area contributed by atoms with Crippen molar-refractivity contribution in [3.8, 4) is 17.9 Å². The zero-order valence-corrected chi connectivity index (χ0v) is 9.08. The standard InChI is InChI=1S/C11H9N3O3/c1-8(4-5-12)17-11-3-2-9(7-13)6-10(11)14(15)16/h2-3,6,8H,4H2,1H3. The minimum Gasteiger partial charge on any atom is -0.483 e. The Hall–Kier alpha value is -2.60. The van der Waals surface area contributed by atoms with Crippen molar-refractivity contribution in [2.45, 2.75) is 19.4 Å². The molecule has 1 aromatic rings. The normalized spacial score (nSPS) is 11.0. The van der Waals surface area contributed by atoms with Crippen molar-refractivity contribution in [3.63, 3.8) is 0 Å². The number of nitriles is 2. The third kappa shape index (κ3) is 3.18. The number of nitro groups is 1. The van der Waals surface area contributed by atoms with E-state index in [1.165, 1.54) is 12.1 Å². The average Bonchev–Trinajstić information content (AvgIpc) is 2.29. The van der Waals surface area contributed by atoms with Gasteiger partial charge in [0.25, 0.3) is 0 Å². The fourth-order valence-corrected chi connectivity index (χ4v) is 1.22. The van der Waals surface area contributed by atoms with Gasteiger partial charge in [-0.2, -0.15) is 10.5 Å². The molecule has 0 amide bonds. The number of hydrogen-bond acceptors (Lipinski definition) is 5. The molecule has 86 valence electrons. The summed E-state index contributed by atoms with van der Waals surface area (Å²) in [5.74, 6) is 0.0664. The lowest BCUT2D eigenvalue weighted by Crippen LogP contribution is -2.11. The summed E-state index contributed by atoms with van der Waals surface area (Å²) in [5.41, 5.74) is -0.0779. The smallest absolute Gasteiger partial charge is 0.312 e. The van der Waals surface area contributed by atoms with E-state index < -0.39 is 11.0 Å². The molecule has 0 aliphatic carbocycles. The Kier molecular flexibility index (Phi) is 4.02. The molecule has 0 saturated heterocycles. The van der Waals surface area contributed by atoms with E-state index in [-0.39, 0.29) is 23.4 Å². The van der Waals surface area contributed by atoms with E-state index in [0.717, 1.165) is 6.07 Å². The molecule has 6 heteroatoms. The first kappa shape index (κ1) is 12.5. The monoisotopic (exact) mass is 231 g/mol. The van der Waals surface area contributed by atoms with Crippen LogP contribution in [0.3, 0.4) is 0 Å². The van der Waals surface area contributed by atoms with Gasteiger partial charge in [0, 0.05) is 6.07 Å². The lowest BCUT2D eigenvalue weighted by molar-refractivity contribution is -0.386. The number of nitro benzene ring substituents is 1. The number of ether oxygens (including phenoxy) is 1. The quantitative estimate of drug-likeness (QED) is 0.583. The van der Waals surface area contributed by atoms with Gasteiger partial charge in [-0.25, -0.2) is 0 Å². The summed E-state index contributed by atoms with van der Waals surface area (Å²) < 4.78 is 5.27. The highest BCUT2D eigenvalue weighted by Gasteiger charge is 2.18. The largest absolute Gasteiger partial charge is 0.483 e. The van der Waals surface area contributed by atoms with Crippen LogP contribution in [-0.4, -0.2) is 11.0 Å². The molecule has 0 spiro atoms. The Morgan fingerprint density at radius 1 is 1.53 bits per heavy atom. The molecule has 0 N–H and O–H groups in total. The fourth-order valence-electron chi connectivity index (χ4n) is 1.22. The van der Waals surface area contributed by atoms with Crippen molar-refractivity contribution in [1.29, 1.82) is 10.5 Å². The van der Waals surface area contributed by atoms with Crippen LogP contribution in [-0.2, 0) is 0 Å². The summed E-state index contributed by atoms with van der Waals surface area (Å²) in [5, 5.41) is 27.9. The molecule has 0 aliphatic heterocycles. The Morgan fingerprint density at radius 3 is 2.76 bits per heavy atom. The van der Waals surface area contributed by atoms with E-state index in [9.17, 15) is 10.1 Å². The van der Waals surface area contributed by atoms with Crippen LogP contribution in [0.15, 0.2) is 18.2 Å². The zero-order chi connectivity index (χ0) is 12.8. The van der Waals surface area contributed by atoms with Crippen molar-refractivity contribution in [1.82, 2.24) is 0 Å². The van der Waals surface area contributed by atoms with Gasteiger partial charge < -0.3 is 4.74 Å². The van der Waals surface area contributed by atoms with Crippen LogP contribution in [0.25, 0.3) is 0 Å². The van der Waals surface area contributed by atoms with Gasteiger partial charge in [0.2, 0.25) is 0 Å². The molecule has 0 fully saturated rings. The highest BCUT2D eigenvalue weighted by Crippen LogP contribution is 2.28. The van der Waals surface area contributed by atoms with Gasteiger partial charge in [-0.15, -0.1) is 0 Å². The highest BCUT2D eigenvalue weighted by molar-refractivity contribution is 5.51. The van der Waals surface area contributed by atoms with Crippen LogP contribution in [0.1, 0.15) is 18.9 Å². The second-order valence-corrected chi connectivity index (χ2v) is 3.34. The first-order valence-corrected chi connectivity index (χ1v) is 4.80. The first-order valence-electron chi connectivity index (χ1n) is 4.80. The number of benzene rings is 1. The summed E-state index contributed by atoms with van der Waals surface area (Å²) in [6, 6.07) is 7.67. The molecule has 0 heterocycles. The molecule has 1 aromatic carbocycles. The van der Waals surface area contributed by atoms with Crippen molar-refractivity contribution in [3.05, 3.63) is 33.9 Å². The SMILES string of the molecule is CC(CC#N)Oc1ccc(C#N)cc1[N+](=O)[O-]. The number of hydrogen-bond donors (Lipinski definition) is 0. The minimum absolute atomic E-state index is 0.0664. The first-order chi connectivity index (χ1) is 8.08. The molecule has 1 unspecified atom stereocenters. The van der Waals surface area contributed by atoms with Crippen LogP contribution in [0, 0.1) is 32.8 Å². The molecule has 0 aromatic heterocycles. The topological polar surface area (TPSA) is 99.9 Å². The number of nitrogens with zero attached hydrogens (tertiary/aromatic N) is 3. The molecular weight excluding hydrogens is 222 g/mol. The fraction of sp³-hybridized carbons (Fsp3) is 0.273. The summed E-state index contributed by atoms with van der Waals surface area (Å²) in [6.07, 6.45) is -0.302. The van der Waals surface area contributed by atoms with Crippen molar-refractivity contribution < 1.29 is 9.66 Å². The van der Waals surface area contributed by atoms with Gasteiger partial charge in [0.15, 0.2) is 5.75 Å². The van der Waals surface area contributed by atoms with E-state index in [1.807, 2.05) is 12.1 Å². The van der Waals surface area contributed by atoms with Gasteiger partial charge in [-0.1, -0.05) is 0 Å². The van der Waals surface area contributed by atoms with Crippen LogP contribution in [0.2, 0.25) is 0 Å². The molecule has 0 saturated carbocycles. The predicted molar refractivity (Wildman–Crippen MR) is 58.1 cm³/mol. The van der Waals surface area contributed by atoms with Crippen LogP contribution >= 0.6 is 0 Å². The van der Waals surface area contributed by atoms with Gasteiger partial charge in [-0.05, 0) is 19.1 Å². The summed E-state index contributed by atoms with van der Waals surface area (Å²) in [7, 11) is 0. The second kappa shape index (κ2) is 5.47. The van der Waals surface area contributed by atoms with Crippen molar-refractivity contribution in [2.75, 3.05) is 0 Å². The molecule has 0 aliphatic rings. The van der Waals surface area contributed by atoms with E-state index in [0.29, 0.717) is 0 Å². The zero-order valence-electron chi connectivity index (χ0n) is 9.08. The predicted octanol–water partition coefficient (Wildman–Crippen LogP) is 2.15. The van der Waals surface area contributed by atoms with E-state index in [1.54, 1.807) is 6.92 Å². The van der Waals surface area contributed by atoms with E-state index in [2.05, 4.69) is 0 Å². The molecule has 6 nitrogen and oxygen atoms in total. The minimum atomic E-state index is -0.616. The van der Waals surface area contributed by atoms with Crippen molar-refractivity contribution >= 4 is 5.69 Å². The number of rotatable bonds is 4. The summed E-state index contributed by atoms with van der Waals surface area (Å²) in [6.45, 7) is 1.64. The third-order valence-corrected chi connectivity index (χ3v) is 1.99. The summed E-state index contributed by atoms with van der Waals surface area (Å²) >= 11 is 0. The van der Waals surface area contributed by atoms with Crippen LogP contribution in [0.4, 0.5) is 5.69 Å². The Labute approximate surface area is 97.8 Å². The molecule has 1 rings (SSSR count). The Bertz CT molecular complexity index is 514. The van der Waals surface area contributed by atoms with Crippen LogP contribution < -0.4 is 4.74 Å². The average molecular weight is 231 g/mol. The molecule has 0 radical (unpaired) electrons. The maximum atomic E-state index is 10.8. The van der Waals surface area contributed by atoms with Crippen molar-refractivity contribution in [2.24, 2.45) is 0 Å². The lowest BCUT2D eigenvalue weighted by atomic mass is 10.2. The molecule has 17 heavy (non-hydrogen) atoms. The third-order valence-electron chi connectivity index (χ3n) is 1.99. The van der Waals surface area contributed by atoms with Gasteiger partial charge in [0.05, 0.1) is 29.0 Å². The van der Waals surface area contributed by atoms with E-state index in [4.69, 9.17) is 15.3 Å². The van der Waals surface area contributed by atoms with Crippen LogP contribution in [0.5, 0.6) is 5.75 Å². The Morgan fingerprint density at radius 2 is 2.24 bits per heavy atom. The molecular formula is C11H9N3O3. The molecule has 0 bridgehead atoms. The maximum Gasteiger partial charge on any atom is 0.312 e.